The standard InChI is InChI=1S/C31H42N2O6/c1-6-9-19-38-29(37)25-24-27(35)33(17-10-11-18-34)26(31(24)15-14-30(25,8-3)39-31)28(36)32(16-7-2)23-20-21(4)12-13-22(23)5/h6-7,12-13,20,24-26,34H,1-2,8-11,14-19H2,3-5H3/t24-,25+,26?,30-,31?/m0/s1. The molecule has 1 aromatic carbocycles. The van der Waals surface area contributed by atoms with E-state index >= 15 is 0 Å². The molecule has 1 N–H and O–H groups in total. The molecule has 3 aliphatic heterocycles. The topological polar surface area (TPSA) is 96.4 Å². The molecule has 3 saturated heterocycles. The maximum absolute atomic E-state index is 14.6. The summed E-state index contributed by atoms with van der Waals surface area (Å²) in [7, 11) is 0. The van der Waals surface area contributed by atoms with Crippen LogP contribution in [0.1, 0.15) is 56.6 Å². The number of benzene rings is 1. The van der Waals surface area contributed by atoms with Gasteiger partial charge in [0.05, 0.1) is 18.1 Å². The average Bonchev–Trinajstić information content (AvgIpc) is 3.52. The number of ether oxygens (including phenoxy) is 2. The first-order chi connectivity index (χ1) is 18.7. The molecule has 4 rings (SSSR count). The number of esters is 1. The number of hydrogen-bond donors (Lipinski definition) is 1. The molecule has 0 aromatic heterocycles. The number of hydrogen-bond acceptors (Lipinski definition) is 6. The number of nitrogens with zero attached hydrogens (tertiary/aromatic N) is 2. The number of aryl methyl sites for hydroxylation is 2. The van der Waals surface area contributed by atoms with Crippen LogP contribution in [0, 0.1) is 25.7 Å². The Morgan fingerprint density at radius 3 is 2.67 bits per heavy atom. The molecule has 8 nitrogen and oxygen atoms in total. The Kier molecular flexibility index (Phi) is 8.66. The van der Waals surface area contributed by atoms with Gasteiger partial charge in [-0.1, -0.05) is 31.2 Å². The van der Waals surface area contributed by atoms with Crippen LogP contribution in [0.15, 0.2) is 43.5 Å². The number of aliphatic hydroxyl groups excluding tert-OH is 1. The number of carbonyl (C=O) groups is 3. The number of fused-ring (bicyclic) bond motifs is 1. The van der Waals surface area contributed by atoms with E-state index in [0.717, 1.165) is 16.8 Å². The zero-order valence-electron chi connectivity index (χ0n) is 23.5. The van der Waals surface area contributed by atoms with Gasteiger partial charge in [-0.15, -0.1) is 13.2 Å². The van der Waals surface area contributed by atoms with Gasteiger partial charge in [0.2, 0.25) is 5.91 Å². The maximum Gasteiger partial charge on any atom is 0.312 e. The third kappa shape index (κ3) is 4.82. The van der Waals surface area contributed by atoms with Gasteiger partial charge in [0.1, 0.15) is 17.6 Å². The van der Waals surface area contributed by atoms with Crippen LogP contribution in [0.3, 0.4) is 0 Å². The fourth-order valence-electron chi connectivity index (χ4n) is 6.92. The molecule has 3 heterocycles. The summed E-state index contributed by atoms with van der Waals surface area (Å²) in [5.74, 6) is -2.50. The minimum absolute atomic E-state index is 0.00596. The van der Waals surface area contributed by atoms with Crippen LogP contribution >= 0.6 is 0 Å². The fraction of sp³-hybridized carbons (Fsp3) is 0.581. The highest BCUT2D eigenvalue weighted by Crippen LogP contribution is 2.64. The summed E-state index contributed by atoms with van der Waals surface area (Å²) in [6, 6.07) is 5.05. The molecule has 5 atom stereocenters. The molecule has 0 aliphatic carbocycles. The van der Waals surface area contributed by atoms with Crippen molar-refractivity contribution in [3.05, 3.63) is 54.6 Å². The van der Waals surface area contributed by atoms with E-state index in [9.17, 15) is 19.5 Å². The zero-order chi connectivity index (χ0) is 28.4. The maximum atomic E-state index is 14.6. The van der Waals surface area contributed by atoms with Crippen LogP contribution in [0.4, 0.5) is 5.69 Å². The van der Waals surface area contributed by atoms with Gasteiger partial charge in [-0.05, 0) is 69.6 Å². The molecule has 8 heteroatoms. The minimum atomic E-state index is -1.12. The van der Waals surface area contributed by atoms with E-state index in [1.807, 2.05) is 39.0 Å². The first-order valence-electron chi connectivity index (χ1n) is 14.1. The first kappa shape index (κ1) is 29.0. The van der Waals surface area contributed by atoms with Crippen molar-refractivity contribution in [2.75, 3.05) is 31.2 Å². The predicted octanol–water partition coefficient (Wildman–Crippen LogP) is 3.87. The number of carbonyl (C=O) groups excluding carboxylic acids is 3. The fourth-order valence-corrected chi connectivity index (χ4v) is 6.92. The Balaban J connectivity index is 1.79. The van der Waals surface area contributed by atoms with E-state index in [-0.39, 0.29) is 31.6 Å². The predicted molar refractivity (Wildman–Crippen MR) is 149 cm³/mol. The Morgan fingerprint density at radius 1 is 1.23 bits per heavy atom. The zero-order valence-corrected chi connectivity index (χ0v) is 23.5. The normalized spacial score (nSPS) is 28.9. The minimum Gasteiger partial charge on any atom is -0.465 e. The lowest BCUT2D eigenvalue weighted by atomic mass is 9.65. The van der Waals surface area contributed by atoms with Gasteiger partial charge in [-0.25, -0.2) is 0 Å². The van der Waals surface area contributed by atoms with E-state index in [2.05, 4.69) is 13.2 Å². The van der Waals surface area contributed by atoms with Crippen LogP contribution in [-0.2, 0) is 23.9 Å². The van der Waals surface area contributed by atoms with Crippen molar-refractivity contribution in [2.45, 2.75) is 76.5 Å². The molecule has 2 bridgehead atoms. The number of rotatable bonds is 13. The lowest BCUT2D eigenvalue weighted by Gasteiger charge is -2.37. The summed E-state index contributed by atoms with van der Waals surface area (Å²) in [6.07, 6.45) is 6.55. The number of unbranched alkanes of at least 4 members (excludes halogenated alkanes) is 1. The number of likely N-dealkylation sites (tertiary alicyclic amines) is 1. The monoisotopic (exact) mass is 538 g/mol. The third-order valence-corrected chi connectivity index (χ3v) is 8.78. The Morgan fingerprint density at radius 2 is 2.00 bits per heavy atom. The second-order valence-electron chi connectivity index (χ2n) is 11.1. The van der Waals surface area contributed by atoms with Gasteiger partial charge in [0, 0.05) is 25.4 Å². The van der Waals surface area contributed by atoms with Crippen LogP contribution in [0.25, 0.3) is 0 Å². The molecular weight excluding hydrogens is 496 g/mol. The van der Waals surface area contributed by atoms with E-state index in [1.165, 1.54) is 0 Å². The summed E-state index contributed by atoms with van der Waals surface area (Å²) in [4.78, 5) is 45.6. The van der Waals surface area contributed by atoms with Gasteiger partial charge < -0.3 is 24.4 Å². The van der Waals surface area contributed by atoms with Gasteiger partial charge in [-0.2, -0.15) is 0 Å². The molecule has 1 spiro atoms. The number of amides is 2. The highest BCUT2D eigenvalue weighted by Gasteiger charge is 2.79. The summed E-state index contributed by atoms with van der Waals surface area (Å²) in [6.45, 7) is 14.2. The smallest absolute Gasteiger partial charge is 0.312 e. The van der Waals surface area contributed by atoms with Crippen molar-refractivity contribution in [1.82, 2.24) is 4.90 Å². The van der Waals surface area contributed by atoms with Crippen molar-refractivity contribution in [3.8, 4) is 0 Å². The molecule has 1 aromatic rings. The van der Waals surface area contributed by atoms with E-state index in [0.29, 0.717) is 45.1 Å². The Hall–Kier alpha value is -2.97. The molecule has 212 valence electrons. The van der Waals surface area contributed by atoms with Crippen molar-refractivity contribution < 1.29 is 29.0 Å². The molecular formula is C31H42N2O6. The van der Waals surface area contributed by atoms with Gasteiger partial charge in [-0.3, -0.25) is 14.4 Å². The molecule has 0 radical (unpaired) electrons. The Bertz CT molecular complexity index is 1130. The summed E-state index contributed by atoms with van der Waals surface area (Å²) in [5.41, 5.74) is 0.750. The van der Waals surface area contributed by atoms with Crippen LogP contribution in [0.2, 0.25) is 0 Å². The Labute approximate surface area is 231 Å². The molecule has 0 saturated carbocycles. The van der Waals surface area contributed by atoms with Crippen molar-refractivity contribution in [1.29, 1.82) is 0 Å². The molecule has 3 fully saturated rings. The summed E-state index contributed by atoms with van der Waals surface area (Å²) in [5, 5.41) is 9.41. The van der Waals surface area contributed by atoms with Crippen molar-refractivity contribution >= 4 is 23.5 Å². The van der Waals surface area contributed by atoms with Crippen LogP contribution in [-0.4, -0.2) is 71.3 Å². The van der Waals surface area contributed by atoms with Crippen LogP contribution in [0.5, 0.6) is 0 Å². The van der Waals surface area contributed by atoms with Gasteiger partial charge in [0.15, 0.2) is 0 Å². The largest absolute Gasteiger partial charge is 0.465 e. The van der Waals surface area contributed by atoms with Crippen LogP contribution < -0.4 is 4.90 Å². The van der Waals surface area contributed by atoms with Gasteiger partial charge in [0.25, 0.3) is 5.91 Å². The summed E-state index contributed by atoms with van der Waals surface area (Å²) < 4.78 is 12.4. The lowest BCUT2D eigenvalue weighted by Crippen LogP contribution is -2.56. The third-order valence-electron chi connectivity index (χ3n) is 8.78. The first-order valence-corrected chi connectivity index (χ1v) is 14.1. The van der Waals surface area contributed by atoms with E-state index < -0.39 is 35.0 Å². The van der Waals surface area contributed by atoms with E-state index in [1.54, 1.807) is 22.0 Å². The highest BCUT2D eigenvalue weighted by molar-refractivity contribution is 6.05. The average molecular weight is 539 g/mol. The second-order valence-corrected chi connectivity index (χ2v) is 11.1. The molecule has 39 heavy (non-hydrogen) atoms. The number of anilines is 1. The molecule has 2 unspecified atom stereocenters. The molecule has 2 amide bonds. The van der Waals surface area contributed by atoms with E-state index in [4.69, 9.17) is 9.47 Å². The van der Waals surface area contributed by atoms with Gasteiger partial charge >= 0.3 is 5.97 Å². The number of aliphatic hydroxyl groups is 1. The highest BCUT2D eigenvalue weighted by atomic mass is 16.6. The van der Waals surface area contributed by atoms with Crippen molar-refractivity contribution in [3.63, 3.8) is 0 Å². The molecule has 3 aliphatic rings. The SMILES string of the molecule is C=CCCOC(=O)[C@H]1[C@H]2C(=O)N(CCCCO)C(C(=O)N(CC=C)c3cc(C)ccc3C)C23CC[C@]1(CC)O3. The van der Waals surface area contributed by atoms with Crippen molar-refractivity contribution in [2.24, 2.45) is 11.8 Å². The summed E-state index contributed by atoms with van der Waals surface area (Å²) >= 11 is 0. The second kappa shape index (κ2) is 11.6. The lowest BCUT2D eigenvalue weighted by molar-refractivity contribution is -0.160. The quantitative estimate of drug-likeness (QED) is 0.233.